The van der Waals surface area contributed by atoms with Gasteiger partial charge in [0.25, 0.3) is 0 Å². The Morgan fingerprint density at radius 3 is 2.29 bits per heavy atom. The predicted octanol–water partition coefficient (Wildman–Crippen LogP) is 3.01. The lowest BCUT2D eigenvalue weighted by Crippen LogP contribution is -2.37. The van der Waals surface area contributed by atoms with E-state index in [0.29, 0.717) is 18.7 Å². The molecule has 1 aliphatic heterocycles. The third-order valence-corrected chi connectivity index (χ3v) is 3.83. The Labute approximate surface area is 122 Å². The molecule has 0 spiro atoms. The summed E-state index contributed by atoms with van der Waals surface area (Å²) in [7, 11) is 1.97. The van der Waals surface area contributed by atoms with E-state index in [-0.39, 0.29) is 12.2 Å². The van der Waals surface area contributed by atoms with Crippen molar-refractivity contribution in [3.63, 3.8) is 0 Å². The first-order valence-electron chi connectivity index (χ1n) is 6.87. The van der Waals surface area contributed by atoms with E-state index in [2.05, 4.69) is 4.90 Å². The van der Waals surface area contributed by atoms with Crippen molar-refractivity contribution in [2.45, 2.75) is 6.54 Å². The van der Waals surface area contributed by atoms with E-state index in [1.54, 1.807) is 4.90 Å². The molecule has 1 heterocycles. The maximum Gasteiger partial charge on any atom is 0.150 e. The molecule has 0 unspecified atom stereocenters. The van der Waals surface area contributed by atoms with Crippen molar-refractivity contribution in [2.24, 2.45) is 5.73 Å². The molecule has 110 valence electrons. The summed E-state index contributed by atoms with van der Waals surface area (Å²) < 4.78 is 28.6. The van der Waals surface area contributed by atoms with Crippen molar-refractivity contribution in [2.75, 3.05) is 29.9 Å². The molecule has 0 amide bonds. The second-order valence-electron chi connectivity index (χ2n) is 5.17. The van der Waals surface area contributed by atoms with Crippen molar-refractivity contribution >= 4 is 17.1 Å². The monoisotopic (exact) mass is 289 g/mol. The maximum atomic E-state index is 14.3. The molecule has 2 N–H and O–H groups in total. The Morgan fingerprint density at radius 2 is 1.67 bits per heavy atom. The Balaban J connectivity index is 2.12. The van der Waals surface area contributed by atoms with Gasteiger partial charge in [0.05, 0.1) is 11.4 Å². The molecule has 1 aliphatic rings. The number of hydrogen-bond acceptors (Lipinski definition) is 3. The zero-order chi connectivity index (χ0) is 15.0. The molecule has 0 aromatic heterocycles. The van der Waals surface area contributed by atoms with Gasteiger partial charge in [0.2, 0.25) is 0 Å². The molecule has 5 heteroatoms. The van der Waals surface area contributed by atoms with Crippen LogP contribution in [0.5, 0.6) is 0 Å². The van der Waals surface area contributed by atoms with Gasteiger partial charge in [0, 0.05) is 26.7 Å². The molecule has 0 saturated heterocycles. The second kappa shape index (κ2) is 5.33. The first-order valence-corrected chi connectivity index (χ1v) is 6.87. The zero-order valence-corrected chi connectivity index (χ0v) is 11.8. The summed E-state index contributed by atoms with van der Waals surface area (Å²) in [5.74, 6) is -1.15. The highest BCUT2D eigenvalue weighted by atomic mass is 19.1. The van der Waals surface area contributed by atoms with Crippen LogP contribution in [0.2, 0.25) is 0 Å². The fourth-order valence-corrected chi connectivity index (χ4v) is 2.73. The average molecular weight is 289 g/mol. The summed E-state index contributed by atoms with van der Waals surface area (Å²) in [6.07, 6.45) is 0. The predicted molar refractivity (Wildman–Crippen MR) is 81.0 cm³/mol. The lowest BCUT2D eigenvalue weighted by molar-refractivity contribution is 0.575. The van der Waals surface area contributed by atoms with Crippen LogP contribution in [0.4, 0.5) is 25.8 Å². The largest absolute Gasteiger partial charge is 0.371 e. The number of hydrogen-bond donors (Lipinski definition) is 1. The van der Waals surface area contributed by atoms with Crippen LogP contribution in [0.3, 0.4) is 0 Å². The number of para-hydroxylation sites is 2. The summed E-state index contributed by atoms with van der Waals surface area (Å²) in [4.78, 5) is 3.77. The lowest BCUT2D eigenvalue weighted by atomic mass is 10.1. The van der Waals surface area contributed by atoms with E-state index in [1.807, 2.05) is 31.3 Å². The number of rotatable bonds is 2. The molecule has 0 saturated carbocycles. The normalized spacial score (nSPS) is 14.3. The fraction of sp³-hybridized carbons (Fsp3) is 0.250. The number of halogens is 2. The third-order valence-electron chi connectivity index (χ3n) is 3.83. The van der Waals surface area contributed by atoms with E-state index < -0.39 is 11.6 Å². The number of nitrogens with zero attached hydrogens (tertiary/aromatic N) is 2. The van der Waals surface area contributed by atoms with Crippen LogP contribution in [0.15, 0.2) is 36.4 Å². The Kier molecular flexibility index (Phi) is 3.51. The number of anilines is 3. The van der Waals surface area contributed by atoms with Crippen molar-refractivity contribution in [1.82, 2.24) is 0 Å². The molecule has 0 radical (unpaired) electrons. The van der Waals surface area contributed by atoms with Crippen LogP contribution in [0.25, 0.3) is 0 Å². The van der Waals surface area contributed by atoms with Gasteiger partial charge in [-0.15, -0.1) is 0 Å². The second-order valence-corrected chi connectivity index (χ2v) is 5.17. The molecule has 21 heavy (non-hydrogen) atoms. The number of nitrogens with two attached hydrogens (primary N) is 1. The summed E-state index contributed by atoms with van der Waals surface area (Å²) in [6, 6.07) is 10.2. The standard InChI is InChI=1S/C16H17F2N3/c1-20-6-7-21(15-5-3-2-4-14(15)20)16-12(17)8-11(10-19)9-13(16)18/h2-5,8-9H,6-7,10,19H2,1H3. The van der Waals surface area contributed by atoms with Gasteiger partial charge in [0.1, 0.15) is 17.3 Å². The van der Waals surface area contributed by atoms with Crippen LogP contribution in [0, 0.1) is 11.6 Å². The molecule has 0 atom stereocenters. The van der Waals surface area contributed by atoms with Crippen molar-refractivity contribution in [3.05, 3.63) is 53.6 Å². The number of benzene rings is 2. The van der Waals surface area contributed by atoms with Crippen LogP contribution in [0.1, 0.15) is 5.56 Å². The average Bonchev–Trinajstić information content (AvgIpc) is 2.49. The van der Waals surface area contributed by atoms with Crippen LogP contribution in [-0.2, 0) is 6.54 Å². The summed E-state index contributed by atoms with van der Waals surface area (Å²) >= 11 is 0. The van der Waals surface area contributed by atoms with E-state index in [4.69, 9.17) is 5.73 Å². The molecule has 2 aromatic carbocycles. The van der Waals surface area contributed by atoms with Crippen molar-refractivity contribution < 1.29 is 8.78 Å². The SMILES string of the molecule is CN1CCN(c2c(F)cc(CN)cc2F)c2ccccc21. The maximum absolute atomic E-state index is 14.3. The van der Waals surface area contributed by atoms with E-state index in [9.17, 15) is 8.78 Å². The van der Waals surface area contributed by atoms with Gasteiger partial charge in [-0.05, 0) is 29.8 Å². The minimum absolute atomic E-state index is 0.00671. The van der Waals surface area contributed by atoms with Crippen LogP contribution >= 0.6 is 0 Å². The summed E-state index contributed by atoms with van der Waals surface area (Å²) in [5.41, 5.74) is 7.68. The molecule has 3 rings (SSSR count). The highest BCUT2D eigenvalue weighted by Gasteiger charge is 2.25. The van der Waals surface area contributed by atoms with Gasteiger partial charge in [-0.3, -0.25) is 0 Å². The smallest absolute Gasteiger partial charge is 0.150 e. The molecular formula is C16H17F2N3. The van der Waals surface area contributed by atoms with Crippen LogP contribution in [-0.4, -0.2) is 20.1 Å². The molecule has 0 bridgehead atoms. The van der Waals surface area contributed by atoms with Gasteiger partial charge in [-0.25, -0.2) is 8.78 Å². The van der Waals surface area contributed by atoms with Gasteiger partial charge in [-0.1, -0.05) is 12.1 Å². The fourth-order valence-electron chi connectivity index (χ4n) is 2.73. The molecule has 0 aliphatic carbocycles. The van der Waals surface area contributed by atoms with E-state index >= 15 is 0 Å². The first kappa shape index (κ1) is 13.8. The third kappa shape index (κ3) is 2.34. The molecular weight excluding hydrogens is 272 g/mol. The van der Waals surface area contributed by atoms with Crippen molar-refractivity contribution in [3.8, 4) is 0 Å². The minimum atomic E-state index is -0.574. The van der Waals surface area contributed by atoms with E-state index in [0.717, 1.165) is 11.4 Å². The van der Waals surface area contributed by atoms with Gasteiger partial charge >= 0.3 is 0 Å². The Hall–Kier alpha value is -2.14. The van der Waals surface area contributed by atoms with Crippen molar-refractivity contribution in [1.29, 1.82) is 0 Å². The lowest BCUT2D eigenvalue weighted by Gasteiger charge is -2.37. The minimum Gasteiger partial charge on any atom is -0.371 e. The first-order chi connectivity index (χ1) is 10.1. The van der Waals surface area contributed by atoms with Gasteiger partial charge in [0.15, 0.2) is 0 Å². The van der Waals surface area contributed by atoms with Crippen LogP contribution < -0.4 is 15.5 Å². The topological polar surface area (TPSA) is 32.5 Å². The zero-order valence-electron chi connectivity index (χ0n) is 11.8. The number of fused-ring (bicyclic) bond motifs is 1. The quantitative estimate of drug-likeness (QED) is 0.922. The van der Waals surface area contributed by atoms with Gasteiger partial charge in [-0.2, -0.15) is 0 Å². The summed E-state index contributed by atoms with van der Waals surface area (Å²) in [5, 5.41) is 0. The molecule has 3 nitrogen and oxygen atoms in total. The highest BCUT2D eigenvalue weighted by Crippen LogP contribution is 2.39. The van der Waals surface area contributed by atoms with Gasteiger partial charge < -0.3 is 15.5 Å². The Morgan fingerprint density at radius 1 is 1.05 bits per heavy atom. The van der Waals surface area contributed by atoms with E-state index in [1.165, 1.54) is 12.1 Å². The Bertz CT molecular complexity index is 649. The highest BCUT2D eigenvalue weighted by molar-refractivity contribution is 5.79. The number of likely N-dealkylation sites (N-methyl/N-ethyl adjacent to an activating group) is 1. The molecule has 0 fully saturated rings. The molecule has 2 aromatic rings. The summed E-state index contributed by atoms with van der Waals surface area (Å²) in [6.45, 7) is 1.35.